The minimum Gasteiger partial charge on any atom is -0.355 e. The molecule has 0 aliphatic heterocycles. The number of hydrogen-bond acceptors (Lipinski definition) is 0. The lowest BCUT2D eigenvalue weighted by Gasteiger charge is -2.04. The van der Waals surface area contributed by atoms with Crippen LogP contribution in [0.15, 0.2) is 72.8 Å². The first-order chi connectivity index (χ1) is 9.42. The van der Waals surface area contributed by atoms with Gasteiger partial charge in [-0.15, -0.1) is 0 Å². The third-order valence-corrected chi connectivity index (χ3v) is 3.61. The second-order valence-electron chi connectivity index (χ2n) is 4.80. The maximum absolute atomic E-state index is 3.50. The summed E-state index contributed by atoms with van der Waals surface area (Å²) in [6, 6.07) is 25.6. The van der Waals surface area contributed by atoms with E-state index in [0.717, 1.165) is 0 Å². The van der Waals surface area contributed by atoms with Crippen LogP contribution in [0.4, 0.5) is 0 Å². The second-order valence-corrected chi connectivity index (χ2v) is 4.80. The van der Waals surface area contributed by atoms with Gasteiger partial charge in [0.25, 0.3) is 0 Å². The molecule has 1 aromatic heterocycles. The Kier molecular flexibility index (Phi) is 2.18. The van der Waals surface area contributed by atoms with E-state index in [4.69, 9.17) is 0 Å². The summed E-state index contributed by atoms with van der Waals surface area (Å²) in [5.74, 6) is 0. The molecule has 1 nitrogen and oxygen atoms in total. The number of aromatic nitrogens is 1. The van der Waals surface area contributed by atoms with Crippen LogP contribution in [0.1, 0.15) is 0 Å². The Balaban J connectivity index is 2.03. The molecule has 19 heavy (non-hydrogen) atoms. The van der Waals surface area contributed by atoms with Crippen LogP contribution in [-0.4, -0.2) is 4.98 Å². The number of H-pyrrole nitrogens is 1. The second kappa shape index (κ2) is 3.99. The average molecular weight is 243 g/mol. The highest BCUT2D eigenvalue weighted by atomic mass is 14.7. The molecule has 3 aromatic carbocycles. The number of hydrogen-bond donors (Lipinski definition) is 1. The standard InChI is InChI=1S/C18H13N/c1-3-9-15-13(6-1)8-5-10-16(15)18-12-14-7-2-4-11-17(14)19-18/h1-12,19H. The van der Waals surface area contributed by atoms with E-state index in [1.165, 1.54) is 32.9 Å². The van der Waals surface area contributed by atoms with Crippen molar-refractivity contribution >= 4 is 21.7 Å². The molecule has 0 unspecified atom stereocenters. The Hall–Kier alpha value is -2.54. The topological polar surface area (TPSA) is 15.8 Å². The van der Waals surface area contributed by atoms with Gasteiger partial charge in [0.2, 0.25) is 0 Å². The van der Waals surface area contributed by atoms with Crippen LogP contribution in [0.25, 0.3) is 32.9 Å². The van der Waals surface area contributed by atoms with E-state index in [1.807, 2.05) is 0 Å². The highest BCUT2D eigenvalue weighted by molar-refractivity contribution is 5.98. The number of fused-ring (bicyclic) bond motifs is 2. The molecule has 0 radical (unpaired) electrons. The molecule has 4 rings (SSSR count). The zero-order chi connectivity index (χ0) is 12.7. The van der Waals surface area contributed by atoms with Gasteiger partial charge in [0, 0.05) is 22.2 Å². The van der Waals surface area contributed by atoms with Gasteiger partial charge >= 0.3 is 0 Å². The first kappa shape index (κ1) is 10.4. The SMILES string of the molecule is c1ccc2[nH]c(-c3cccc4ccccc34)cc2c1. The van der Waals surface area contributed by atoms with E-state index in [-0.39, 0.29) is 0 Å². The minimum atomic E-state index is 1.18. The summed E-state index contributed by atoms with van der Waals surface area (Å²) in [5, 5.41) is 3.82. The molecule has 0 aliphatic rings. The molecule has 0 atom stereocenters. The molecular formula is C18H13N. The van der Waals surface area contributed by atoms with Crippen molar-refractivity contribution in [3.8, 4) is 11.3 Å². The monoisotopic (exact) mass is 243 g/mol. The number of aromatic amines is 1. The van der Waals surface area contributed by atoms with Crippen LogP contribution in [0, 0.1) is 0 Å². The van der Waals surface area contributed by atoms with Crippen LogP contribution in [-0.2, 0) is 0 Å². The molecule has 0 bridgehead atoms. The Bertz CT molecular complexity index is 833. The van der Waals surface area contributed by atoms with Gasteiger partial charge < -0.3 is 4.98 Å². The lowest BCUT2D eigenvalue weighted by atomic mass is 10.0. The van der Waals surface area contributed by atoms with Crippen molar-refractivity contribution in [2.24, 2.45) is 0 Å². The van der Waals surface area contributed by atoms with Gasteiger partial charge in [-0.2, -0.15) is 0 Å². The van der Waals surface area contributed by atoms with Crippen molar-refractivity contribution in [1.82, 2.24) is 4.98 Å². The molecule has 1 N–H and O–H groups in total. The predicted octanol–water partition coefficient (Wildman–Crippen LogP) is 4.99. The molecule has 0 saturated carbocycles. The maximum Gasteiger partial charge on any atom is 0.0471 e. The summed E-state index contributed by atoms with van der Waals surface area (Å²) in [6.45, 7) is 0. The molecule has 0 amide bonds. The van der Waals surface area contributed by atoms with Gasteiger partial charge in [-0.1, -0.05) is 60.7 Å². The Morgan fingerprint density at radius 1 is 0.632 bits per heavy atom. The Morgan fingerprint density at radius 3 is 2.26 bits per heavy atom. The Labute approximate surface area is 111 Å². The summed E-state index contributed by atoms with van der Waals surface area (Å²) in [5.41, 5.74) is 3.62. The van der Waals surface area contributed by atoms with Gasteiger partial charge in [0.15, 0.2) is 0 Å². The molecule has 0 fully saturated rings. The molecule has 0 aliphatic carbocycles. The van der Waals surface area contributed by atoms with E-state index in [2.05, 4.69) is 77.8 Å². The lowest BCUT2D eigenvalue weighted by Crippen LogP contribution is -1.80. The normalized spacial score (nSPS) is 11.2. The highest BCUT2D eigenvalue weighted by Gasteiger charge is 2.06. The van der Waals surface area contributed by atoms with E-state index >= 15 is 0 Å². The van der Waals surface area contributed by atoms with E-state index < -0.39 is 0 Å². The molecule has 90 valence electrons. The first-order valence-electron chi connectivity index (χ1n) is 6.48. The van der Waals surface area contributed by atoms with Crippen LogP contribution in [0.3, 0.4) is 0 Å². The molecule has 1 heteroatoms. The summed E-state index contributed by atoms with van der Waals surface area (Å²) >= 11 is 0. The van der Waals surface area contributed by atoms with Gasteiger partial charge in [-0.05, 0) is 22.9 Å². The number of benzene rings is 3. The Morgan fingerprint density at radius 2 is 1.37 bits per heavy atom. The molecular weight excluding hydrogens is 230 g/mol. The van der Waals surface area contributed by atoms with Crippen molar-refractivity contribution < 1.29 is 0 Å². The summed E-state index contributed by atoms with van der Waals surface area (Å²) in [6.07, 6.45) is 0. The molecule has 0 saturated heterocycles. The molecule has 4 aromatic rings. The van der Waals surface area contributed by atoms with Gasteiger partial charge in [0.1, 0.15) is 0 Å². The number of rotatable bonds is 1. The van der Waals surface area contributed by atoms with Gasteiger partial charge in [0.05, 0.1) is 0 Å². The van der Waals surface area contributed by atoms with Crippen molar-refractivity contribution in [1.29, 1.82) is 0 Å². The van der Waals surface area contributed by atoms with Crippen molar-refractivity contribution in [2.75, 3.05) is 0 Å². The van der Waals surface area contributed by atoms with E-state index in [9.17, 15) is 0 Å². The summed E-state index contributed by atoms with van der Waals surface area (Å²) in [7, 11) is 0. The van der Waals surface area contributed by atoms with Crippen LogP contribution >= 0.6 is 0 Å². The van der Waals surface area contributed by atoms with E-state index in [1.54, 1.807) is 0 Å². The number of para-hydroxylation sites is 1. The first-order valence-corrected chi connectivity index (χ1v) is 6.48. The van der Waals surface area contributed by atoms with E-state index in [0.29, 0.717) is 0 Å². The van der Waals surface area contributed by atoms with Gasteiger partial charge in [-0.3, -0.25) is 0 Å². The van der Waals surface area contributed by atoms with Crippen LogP contribution in [0.5, 0.6) is 0 Å². The minimum absolute atomic E-state index is 1.18. The van der Waals surface area contributed by atoms with Crippen LogP contribution in [0.2, 0.25) is 0 Å². The molecule has 0 spiro atoms. The van der Waals surface area contributed by atoms with Crippen LogP contribution < -0.4 is 0 Å². The number of nitrogens with one attached hydrogen (secondary N) is 1. The third-order valence-electron chi connectivity index (χ3n) is 3.61. The largest absolute Gasteiger partial charge is 0.355 e. The third kappa shape index (κ3) is 1.63. The zero-order valence-electron chi connectivity index (χ0n) is 10.4. The van der Waals surface area contributed by atoms with Crippen molar-refractivity contribution in [3.63, 3.8) is 0 Å². The highest BCUT2D eigenvalue weighted by Crippen LogP contribution is 2.30. The lowest BCUT2D eigenvalue weighted by molar-refractivity contribution is 1.47. The predicted molar refractivity (Wildman–Crippen MR) is 81.2 cm³/mol. The van der Waals surface area contributed by atoms with Crippen molar-refractivity contribution in [3.05, 3.63) is 72.8 Å². The fourth-order valence-corrected chi connectivity index (χ4v) is 2.68. The quantitative estimate of drug-likeness (QED) is 0.485. The van der Waals surface area contributed by atoms with Crippen molar-refractivity contribution in [2.45, 2.75) is 0 Å². The van der Waals surface area contributed by atoms with Gasteiger partial charge in [-0.25, -0.2) is 0 Å². The zero-order valence-corrected chi connectivity index (χ0v) is 10.4. The average Bonchev–Trinajstić information content (AvgIpc) is 2.90. The smallest absolute Gasteiger partial charge is 0.0471 e. The fourth-order valence-electron chi connectivity index (χ4n) is 2.68. The maximum atomic E-state index is 3.50. The molecule has 1 heterocycles. The summed E-state index contributed by atoms with van der Waals surface area (Å²) < 4.78 is 0. The summed E-state index contributed by atoms with van der Waals surface area (Å²) in [4.78, 5) is 3.50. The fraction of sp³-hybridized carbons (Fsp3) is 0.